The number of amides is 1. The topological polar surface area (TPSA) is 129 Å². The van der Waals surface area contributed by atoms with E-state index in [0.717, 1.165) is 24.3 Å². The van der Waals surface area contributed by atoms with E-state index in [1.165, 1.54) is 19.2 Å². The number of hydrazone groups is 1. The van der Waals surface area contributed by atoms with E-state index in [9.17, 15) is 19.7 Å². The van der Waals surface area contributed by atoms with Crippen molar-refractivity contribution >= 4 is 23.8 Å². The highest BCUT2D eigenvalue weighted by atomic mass is 16.6. The third-order valence-electron chi connectivity index (χ3n) is 4.49. The Balaban J connectivity index is 1.69. The fourth-order valence-corrected chi connectivity index (χ4v) is 3.09. The first-order chi connectivity index (χ1) is 16.4. The van der Waals surface area contributed by atoms with Crippen molar-refractivity contribution in [1.29, 1.82) is 0 Å². The number of nitro groups is 1. The Bertz CT molecular complexity index is 1230. The van der Waals surface area contributed by atoms with Crippen LogP contribution in [0.15, 0.2) is 71.8 Å². The van der Waals surface area contributed by atoms with Crippen LogP contribution in [0, 0.1) is 10.1 Å². The number of hydrogen-bond donors (Lipinski definition) is 1. The van der Waals surface area contributed by atoms with E-state index in [2.05, 4.69) is 10.5 Å². The van der Waals surface area contributed by atoms with Crippen LogP contribution in [0.2, 0.25) is 0 Å². The molecular weight excluding hydrogens is 442 g/mol. The summed E-state index contributed by atoms with van der Waals surface area (Å²) in [5.41, 5.74) is 3.61. The largest absolute Gasteiger partial charge is 0.488 e. The maximum Gasteiger partial charge on any atom is 0.323 e. The molecule has 0 spiro atoms. The zero-order chi connectivity index (χ0) is 24.5. The second-order valence-electron chi connectivity index (χ2n) is 6.83. The Labute approximate surface area is 194 Å². The molecule has 0 aliphatic carbocycles. The molecule has 0 aromatic heterocycles. The van der Waals surface area contributed by atoms with E-state index < -0.39 is 22.5 Å². The maximum absolute atomic E-state index is 12.2. The molecule has 3 aromatic carbocycles. The van der Waals surface area contributed by atoms with Gasteiger partial charge in [-0.2, -0.15) is 5.10 Å². The van der Waals surface area contributed by atoms with Gasteiger partial charge in [-0.05, 0) is 23.8 Å². The molecular formula is C24H21N3O7. The molecule has 0 saturated heterocycles. The summed E-state index contributed by atoms with van der Waals surface area (Å²) in [4.78, 5) is 34.3. The average Bonchev–Trinajstić information content (AvgIpc) is 2.83. The number of methoxy groups -OCH3 is 1. The van der Waals surface area contributed by atoms with Gasteiger partial charge in [0.25, 0.3) is 5.91 Å². The lowest BCUT2D eigenvalue weighted by Gasteiger charge is -2.11. The highest BCUT2D eigenvalue weighted by Gasteiger charge is 2.25. The number of carbonyl (C=O) groups is 2. The number of ether oxygens (including phenoxy) is 3. The first kappa shape index (κ1) is 23.9. The molecule has 3 rings (SSSR count). The number of nitrogens with zero attached hydrogens (tertiary/aromatic N) is 2. The molecule has 1 N–H and O–H groups in total. The van der Waals surface area contributed by atoms with Crippen molar-refractivity contribution in [3.05, 3.63) is 82.4 Å². The molecule has 0 saturated carbocycles. The van der Waals surface area contributed by atoms with Crippen molar-refractivity contribution in [1.82, 2.24) is 5.43 Å². The number of hydrogen-bond acceptors (Lipinski definition) is 8. The second kappa shape index (κ2) is 11.2. The maximum atomic E-state index is 12.2. The molecule has 0 aliphatic heterocycles. The minimum absolute atomic E-state index is 0.0355. The number of nitro benzene ring substituents is 1. The number of esters is 1. The minimum Gasteiger partial charge on any atom is -0.488 e. The molecule has 0 unspecified atom stereocenters. The summed E-state index contributed by atoms with van der Waals surface area (Å²) in [6.07, 6.45) is 1.09. The summed E-state index contributed by atoms with van der Waals surface area (Å²) in [6.45, 7) is 0.842. The number of benzene rings is 3. The van der Waals surface area contributed by atoms with Crippen molar-refractivity contribution in [2.75, 3.05) is 13.7 Å². The quantitative estimate of drug-likeness (QED) is 0.168. The molecule has 0 aliphatic rings. The molecule has 10 nitrogen and oxygen atoms in total. The van der Waals surface area contributed by atoms with Gasteiger partial charge >= 0.3 is 11.7 Å². The van der Waals surface area contributed by atoms with Crippen LogP contribution in [0.3, 0.4) is 0 Å². The average molecular weight is 463 g/mol. The zero-order valence-electron chi connectivity index (χ0n) is 18.4. The molecule has 34 heavy (non-hydrogen) atoms. The Morgan fingerprint density at radius 1 is 1.03 bits per heavy atom. The number of carbonyl (C=O) groups excluding carboxylic acids is 2. The minimum atomic E-state index is -0.696. The van der Waals surface area contributed by atoms with Crippen LogP contribution in [-0.4, -0.2) is 36.7 Å². The van der Waals surface area contributed by atoms with Gasteiger partial charge in [-0.15, -0.1) is 0 Å². The van der Waals surface area contributed by atoms with E-state index in [-0.39, 0.29) is 23.7 Å². The third-order valence-corrected chi connectivity index (χ3v) is 4.49. The lowest BCUT2D eigenvalue weighted by molar-refractivity contribution is -0.385. The van der Waals surface area contributed by atoms with Gasteiger partial charge in [-0.1, -0.05) is 48.5 Å². The number of para-hydroxylation sites is 1. The molecule has 3 aromatic rings. The summed E-state index contributed by atoms with van der Waals surface area (Å²) in [7, 11) is 1.21. The summed E-state index contributed by atoms with van der Waals surface area (Å²) < 4.78 is 15.6. The zero-order valence-corrected chi connectivity index (χ0v) is 18.4. The Morgan fingerprint density at radius 2 is 1.74 bits per heavy atom. The van der Waals surface area contributed by atoms with Crippen LogP contribution >= 0.6 is 0 Å². The molecule has 1 amide bonds. The smallest absolute Gasteiger partial charge is 0.323 e. The predicted molar refractivity (Wildman–Crippen MR) is 124 cm³/mol. The molecule has 10 heteroatoms. The molecule has 0 radical (unpaired) electrons. The molecule has 0 atom stereocenters. The fourth-order valence-electron chi connectivity index (χ4n) is 3.09. The Morgan fingerprint density at radius 3 is 2.41 bits per heavy atom. The van der Waals surface area contributed by atoms with Gasteiger partial charge in [0.05, 0.1) is 23.8 Å². The first-order valence-corrected chi connectivity index (χ1v) is 10.0. The van der Waals surface area contributed by atoms with Gasteiger partial charge in [0.2, 0.25) is 5.75 Å². The molecule has 174 valence electrons. The summed E-state index contributed by atoms with van der Waals surface area (Å²) in [5, 5.41) is 15.3. The Kier molecular flexibility index (Phi) is 7.90. The van der Waals surface area contributed by atoms with Gasteiger partial charge in [0.1, 0.15) is 5.75 Å². The third kappa shape index (κ3) is 5.94. The molecule has 0 bridgehead atoms. The van der Waals surface area contributed by atoms with Gasteiger partial charge in [0, 0.05) is 12.5 Å². The van der Waals surface area contributed by atoms with Crippen molar-refractivity contribution < 1.29 is 28.7 Å². The summed E-state index contributed by atoms with van der Waals surface area (Å²) >= 11 is 0. The van der Waals surface area contributed by atoms with Crippen LogP contribution in [0.25, 0.3) is 11.1 Å². The van der Waals surface area contributed by atoms with Crippen LogP contribution < -0.4 is 19.6 Å². The van der Waals surface area contributed by atoms with Crippen LogP contribution in [0.4, 0.5) is 5.69 Å². The predicted octanol–water partition coefficient (Wildman–Crippen LogP) is 3.72. The first-order valence-electron chi connectivity index (χ1n) is 10.0. The SMILES string of the molecule is COc1c(OC(C)=O)ccc(/C=N\NC(=O)COc2ccccc2-c2ccccc2)c1[N+](=O)[O-]. The lowest BCUT2D eigenvalue weighted by atomic mass is 10.1. The second-order valence-corrected chi connectivity index (χ2v) is 6.83. The van der Waals surface area contributed by atoms with Gasteiger partial charge in [-0.25, -0.2) is 5.43 Å². The molecule has 0 heterocycles. The number of nitrogens with one attached hydrogen (secondary N) is 1. The van der Waals surface area contributed by atoms with Gasteiger partial charge in [-0.3, -0.25) is 19.7 Å². The van der Waals surface area contributed by atoms with Crippen molar-refractivity contribution in [2.24, 2.45) is 5.10 Å². The van der Waals surface area contributed by atoms with E-state index in [0.29, 0.717) is 5.75 Å². The lowest BCUT2D eigenvalue weighted by Crippen LogP contribution is -2.24. The van der Waals surface area contributed by atoms with Crippen molar-refractivity contribution in [2.45, 2.75) is 6.92 Å². The van der Waals surface area contributed by atoms with E-state index in [4.69, 9.17) is 14.2 Å². The van der Waals surface area contributed by atoms with Crippen LogP contribution in [-0.2, 0) is 9.59 Å². The van der Waals surface area contributed by atoms with Crippen molar-refractivity contribution in [3.8, 4) is 28.4 Å². The summed E-state index contributed by atoms with van der Waals surface area (Å²) in [6, 6.07) is 19.5. The normalized spacial score (nSPS) is 10.5. The van der Waals surface area contributed by atoms with Crippen molar-refractivity contribution in [3.63, 3.8) is 0 Å². The van der Waals surface area contributed by atoms with Crippen LogP contribution in [0.5, 0.6) is 17.2 Å². The Hall–Kier alpha value is -4.73. The molecule has 0 fully saturated rings. The monoisotopic (exact) mass is 463 g/mol. The van der Waals surface area contributed by atoms with E-state index in [1.807, 2.05) is 42.5 Å². The van der Waals surface area contributed by atoms with Gasteiger partial charge < -0.3 is 14.2 Å². The van der Waals surface area contributed by atoms with E-state index in [1.54, 1.807) is 12.1 Å². The van der Waals surface area contributed by atoms with Crippen LogP contribution in [0.1, 0.15) is 12.5 Å². The van der Waals surface area contributed by atoms with E-state index >= 15 is 0 Å². The fraction of sp³-hybridized carbons (Fsp3) is 0.125. The standard InChI is InChI=1S/C24H21N3O7/c1-16(28)34-21-13-12-18(23(27(30)31)24(21)32-2)14-25-26-22(29)15-33-20-11-7-6-10-19(20)17-8-4-3-5-9-17/h3-14H,15H2,1-2H3,(H,26,29)/b25-14-. The number of rotatable bonds is 9. The van der Waals surface area contributed by atoms with Gasteiger partial charge in [0.15, 0.2) is 12.4 Å². The highest BCUT2D eigenvalue weighted by Crippen LogP contribution is 2.39. The highest BCUT2D eigenvalue weighted by molar-refractivity contribution is 5.90. The summed E-state index contributed by atoms with van der Waals surface area (Å²) in [5.74, 6) is -1.04.